The Kier molecular flexibility index (Phi) is 5.70. The molecular formula is C26H34N4O. The number of fused-ring (bicyclic) bond motifs is 1. The van der Waals surface area contributed by atoms with Crippen molar-refractivity contribution in [2.24, 2.45) is 0 Å². The van der Waals surface area contributed by atoms with E-state index in [0.717, 1.165) is 49.0 Å². The van der Waals surface area contributed by atoms with Gasteiger partial charge in [0, 0.05) is 36.9 Å². The summed E-state index contributed by atoms with van der Waals surface area (Å²) < 4.78 is 0. The Balaban J connectivity index is 1.40. The first-order valence-electron chi connectivity index (χ1n) is 12.0. The molecule has 1 saturated carbocycles. The van der Waals surface area contributed by atoms with E-state index in [2.05, 4.69) is 46.0 Å². The molecule has 5 nitrogen and oxygen atoms in total. The highest BCUT2D eigenvalue weighted by atomic mass is 16.2. The molecule has 1 aromatic carbocycles. The predicted molar refractivity (Wildman–Crippen MR) is 125 cm³/mol. The number of aromatic nitrogens is 1. The molecule has 31 heavy (non-hydrogen) atoms. The first kappa shape index (κ1) is 20.5. The van der Waals surface area contributed by atoms with Crippen molar-refractivity contribution < 1.29 is 4.79 Å². The number of hydrogen-bond donors (Lipinski definition) is 1. The van der Waals surface area contributed by atoms with Crippen LogP contribution in [0, 0.1) is 0 Å². The van der Waals surface area contributed by atoms with Gasteiger partial charge in [0.1, 0.15) is 5.82 Å². The van der Waals surface area contributed by atoms with Gasteiger partial charge in [0.2, 0.25) is 0 Å². The van der Waals surface area contributed by atoms with Gasteiger partial charge >= 0.3 is 0 Å². The Labute approximate surface area is 185 Å². The second kappa shape index (κ2) is 8.62. The van der Waals surface area contributed by atoms with Gasteiger partial charge in [0.15, 0.2) is 0 Å². The molecule has 1 amide bonds. The van der Waals surface area contributed by atoms with E-state index >= 15 is 0 Å². The lowest BCUT2D eigenvalue weighted by Crippen LogP contribution is -2.46. The van der Waals surface area contributed by atoms with E-state index in [-0.39, 0.29) is 5.91 Å². The third-order valence-electron chi connectivity index (χ3n) is 7.65. The molecule has 2 aliphatic heterocycles. The minimum Gasteiger partial charge on any atom is -0.383 e. The summed E-state index contributed by atoms with van der Waals surface area (Å²) in [5.41, 5.74) is 11.5. The second-order valence-electron chi connectivity index (χ2n) is 9.61. The van der Waals surface area contributed by atoms with E-state index in [9.17, 15) is 4.79 Å². The summed E-state index contributed by atoms with van der Waals surface area (Å²) in [4.78, 5) is 22.5. The van der Waals surface area contributed by atoms with Crippen LogP contribution < -0.4 is 5.73 Å². The van der Waals surface area contributed by atoms with Gasteiger partial charge in [-0.15, -0.1) is 0 Å². The monoisotopic (exact) mass is 418 g/mol. The van der Waals surface area contributed by atoms with Crippen molar-refractivity contribution in [3.05, 3.63) is 47.2 Å². The molecule has 0 bridgehead atoms. The van der Waals surface area contributed by atoms with Crippen molar-refractivity contribution in [2.75, 3.05) is 18.8 Å². The fraction of sp³-hybridized carbons (Fsp3) is 0.538. The number of nitrogens with zero attached hydrogens (tertiary/aromatic N) is 3. The quantitative estimate of drug-likeness (QED) is 0.785. The Morgan fingerprint density at radius 1 is 1.03 bits per heavy atom. The van der Waals surface area contributed by atoms with Gasteiger partial charge < -0.3 is 10.6 Å². The third kappa shape index (κ3) is 3.96. The maximum Gasteiger partial charge on any atom is 0.258 e. The number of benzene rings is 1. The van der Waals surface area contributed by atoms with E-state index in [4.69, 9.17) is 5.73 Å². The van der Waals surface area contributed by atoms with Crippen LogP contribution in [0.4, 0.5) is 5.82 Å². The number of likely N-dealkylation sites (tertiary alicyclic amines) is 1. The van der Waals surface area contributed by atoms with E-state index in [1.807, 2.05) is 6.20 Å². The number of carbonyl (C=O) groups excluding carboxylic acids is 1. The van der Waals surface area contributed by atoms with Gasteiger partial charge in [-0.1, -0.05) is 43.5 Å². The summed E-state index contributed by atoms with van der Waals surface area (Å²) in [7, 11) is 0. The minimum atomic E-state index is 0.0830. The molecule has 5 heteroatoms. The molecule has 1 atom stereocenters. The first-order valence-corrected chi connectivity index (χ1v) is 12.0. The molecule has 3 aliphatic rings. The summed E-state index contributed by atoms with van der Waals surface area (Å²) >= 11 is 0. The van der Waals surface area contributed by atoms with Crippen molar-refractivity contribution in [3.63, 3.8) is 0 Å². The lowest BCUT2D eigenvalue weighted by molar-refractivity contribution is 0.0616. The topological polar surface area (TPSA) is 62.5 Å². The van der Waals surface area contributed by atoms with Crippen LogP contribution in [-0.4, -0.2) is 45.9 Å². The van der Waals surface area contributed by atoms with Gasteiger partial charge in [0.25, 0.3) is 5.91 Å². The van der Waals surface area contributed by atoms with Crippen LogP contribution in [0.15, 0.2) is 30.5 Å². The zero-order chi connectivity index (χ0) is 21.4. The fourth-order valence-corrected chi connectivity index (χ4v) is 5.78. The van der Waals surface area contributed by atoms with E-state index in [0.29, 0.717) is 23.5 Å². The lowest BCUT2D eigenvalue weighted by atomic mass is 9.88. The molecule has 164 valence electrons. The van der Waals surface area contributed by atoms with Crippen LogP contribution in [0.25, 0.3) is 11.1 Å². The number of pyridine rings is 1. The maximum absolute atomic E-state index is 13.4. The standard InChI is InChI=1S/C26H34N4O/c1-18-6-5-14-29(18)17-19-9-11-20(12-10-19)23-16-28-25(27)24-22(23)13-15-30(26(24)31)21-7-3-2-4-8-21/h9-12,16,18,21H,2-8,13-15,17H2,1H3,(H2,27,28)/t18-/m1/s1. The smallest absolute Gasteiger partial charge is 0.258 e. The SMILES string of the molecule is C[C@@H]1CCCN1Cc1ccc(-c2cnc(N)c3c2CCN(C2CCCCC2)C3=O)cc1. The molecule has 3 heterocycles. The van der Waals surface area contributed by atoms with Crippen molar-refractivity contribution in [2.45, 2.75) is 76.9 Å². The third-order valence-corrected chi connectivity index (χ3v) is 7.65. The second-order valence-corrected chi connectivity index (χ2v) is 9.61. The number of carbonyl (C=O) groups is 1. The van der Waals surface area contributed by atoms with Crippen LogP contribution in [0.1, 0.15) is 73.4 Å². The summed E-state index contributed by atoms with van der Waals surface area (Å²) in [5, 5.41) is 0. The summed E-state index contributed by atoms with van der Waals surface area (Å²) in [6, 6.07) is 9.85. The molecule has 2 N–H and O–H groups in total. The molecule has 0 radical (unpaired) electrons. The lowest BCUT2D eigenvalue weighted by Gasteiger charge is -2.38. The number of anilines is 1. The summed E-state index contributed by atoms with van der Waals surface area (Å²) in [6.45, 7) is 5.31. The van der Waals surface area contributed by atoms with Gasteiger partial charge in [0.05, 0.1) is 5.56 Å². The number of amides is 1. The van der Waals surface area contributed by atoms with Gasteiger partial charge in [-0.2, -0.15) is 0 Å². The van der Waals surface area contributed by atoms with Crippen LogP contribution >= 0.6 is 0 Å². The van der Waals surface area contributed by atoms with Crippen molar-refractivity contribution >= 4 is 11.7 Å². The minimum absolute atomic E-state index is 0.0830. The zero-order valence-electron chi connectivity index (χ0n) is 18.6. The summed E-state index contributed by atoms with van der Waals surface area (Å²) in [5.74, 6) is 0.462. The highest BCUT2D eigenvalue weighted by Gasteiger charge is 2.34. The van der Waals surface area contributed by atoms with Gasteiger partial charge in [-0.25, -0.2) is 4.98 Å². The van der Waals surface area contributed by atoms with E-state index < -0.39 is 0 Å². The maximum atomic E-state index is 13.4. The largest absolute Gasteiger partial charge is 0.383 e. The Hall–Kier alpha value is -2.40. The van der Waals surface area contributed by atoms with Crippen LogP contribution in [0.2, 0.25) is 0 Å². The average Bonchev–Trinajstić information content (AvgIpc) is 3.20. The highest BCUT2D eigenvalue weighted by Crippen LogP contribution is 2.35. The molecule has 1 saturated heterocycles. The van der Waals surface area contributed by atoms with Crippen molar-refractivity contribution in [1.82, 2.24) is 14.8 Å². The number of rotatable bonds is 4. The Bertz CT molecular complexity index is 949. The average molecular weight is 419 g/mol. The highest BCUT2D eigenvalue weighted by molar-refractivity contribution is 6.02. The van der Waals surface area contributed by atoms with Crippen molar-refractivity contribution in [1.29, 1.82) is 0 Å². The molecule has 1 aromatic heterocycles. The zero-order valence-corrected chi connectivity index (χ0v) is 18.6. The summed E-state index contributed by atoms with van der Waals surface area (Å²) in [6.07, 6.45) is 11.3. The van der Waals surface area contributed by atoms with Gasteiger partial charge in [-0.3, -0.25) is 9.69 Å². The van der Waals surface area contributed by atoms with Crippen LogP contribution in [0.3, 0.4) is 0 Å². The van der Waals surface area contributed by atoms with Crippen LogP contribution in [0.5, 0.6) is 0 Å². The molecule has 2 aromatic rings. The number of hydrogen-bond acceptors (Lipinski definition) is 4. The van der Waals surface area contributed by atoms with Crippen molar-refractivity contribution in [3.8, 4) is 11.1 Å². The molecular weight excluding hydrogens is 384 g/mol. The Morgan fingerprint density at radius 2 is 1.81 bits per heavy atom. The van der Waals surface area contributed by atoms with Crippen LogP contribution in [-0.2, 0) is 13.0 Å². The predicted octanol–water partition coefficient (Wildman–Crippen LogP) is 4.65. The molecule has 1 aliphatic carbocycles. The molecule has 5 rings (SSSR count). The Morgan fingerprint density at radius 3 is 2.52 bits per heavy atom. The number of nitrogens with two attached hydrogens (primary N) is 1. The molecule has 0 unspecified atom stereocenters. The van der Waals surface area contributed by atoms with E-state index in [1.54, 1.807) is 0 Å². The molecule has 0 spiro atoms. The van der Waals surface area contributed by atoms with E-state index in [1.165, 1.54) is 44.2 Å². The molecule has 2 fully saturated rings. The first-order chi connectivity index (χ1) is 15.1. The van der Waals surface area contributed by atoms with Gasteiger partial charge in [-0.05, 0) is 62.3 Å². The number of nitrogen functional groups attached to an aromatic ring is 1. The normalized spacial score (nSPS) is 22.7. The fourth-order valence-electron chi connectivity index (χ4n) is 5.78.